The van der Waals surface area contributed by atoms with E-state index in [0.717, 1.165) is 49.6 Å². The lowest BCUT2D eigenvalue weighted by molar-refractivity contribution is 0.0698. The van der Waals surface area contributed by atoms with Crippen LogP contribution >= 0.6 is 0 Å². The average molecular weight is 390 g/mol. The first-order valence-electron chi connectivity index (χ1n) is 10.5. The van der Waals surface area contributed by atoms with E-state index in [2.05, 4.69) is 22.1 Å². The molecular formula is C22H26N6O. The molecule has 1 atom stereocenters. The highest BCUT2D eigenvalue weighted by Gasteiger charge is 2.28. The number of likely N-dealkylation sites (tertiary alicyclic amines) is 1. The Hall–Kier alpha value is -2.96. The third-order valence-electron chi connectivity index (χ3n) is 5.98. The van der Waals surface area contributed by atoms with Crippen LogP contribution < -0.4 is 4.90 Å². The topological polar surface area (TPSA) is 66.6 Å². The molecule has 150 valence electrons. The SMILES string of the molecule is Cc1cccc(C(=O)N2CCCC(c3nc4ccc(N5CCCC5)cn4n3)C2)n1. The molecule has 0 saturated carbocycles. The van der Waals surface area contributed by atoms with Gasteiger partial charge in [0.2, 0.25) is 0 Å². The molecule has 0 aliphatic carbocycles. The molecule has 1 unspecified atom stereocenters. The van der Waals surface area contributed by atoms with Crippen LogP contribution in [0.15, 0.2) is 36.5 Å². The van der Waals surface area contributed by atoms with Crippen molar-refractivity contribution >= 4 is 17.2 Å². The molecule has 0 spiro atoms. The van der Waals surface area contributed by atoms with Crippen molar-refractivity contribution in [1.29, 1.82) is 0 Å². The van der Waals surface area contributed by atoms with Gasteiger partial charge in [-0.3, -0.25) is 4.79 Å². The van der Waals surface area contributed by atoms with Crippen LogP contribution in [0.25, 0.3) is 5.65 Å². The molecule has 2 saturated heterocycles. The largest absolute Gasteiger partial charge is 0.370 e. The van der Waals surface area contributed by atoms with Gasteiger partial charge in [0.1, 0.15) is 5.69 Å². The normalized spacial score (nSPS) is 19.8. The molecule has 5 rings (SSSR count). The maximum atomic E-state index is 12.9. The molecule has 1 amide bonds. The molecule has 29 heavy (non-hydrogen) atoms. The number of carbonyl (C=O) groups excluding carboxylic acids is 1. The lowest BCUT2D eigenvalue weighted by Crippen LogP contribution is -2.39. The number of hydrogen-bond donors (Lipinski definition) is 0. The van der Waals surface area contributed by atoms with Crippen LogP contribution in [0, 0.1) is 6.92 Å². The molecule has 2 aliphatic heterocycles. The average Bonchev–Trinajstić information content (AvgIpc) is 3.42. The Balaban J connectivity index is 1.36. The van der Waals surface area contributed by atoms with Crippen LogP contribution in [0.2, 0.25) is 0 Å². The van der Waals surface area contributed by atoms with Crippen molar-refractivity contribution in [2.45, 2.75) is 38.5 Å². The van der Waals surface area contributed by atoms with E-state index in [4.69, 9.17) is 10.1 Å². The molecule has 2 aliphatic rings. The molecule has 0 bridgehead atoms. The zero-order valence-corrected chi connectivity index (χ0v) is 16.8. The number of carbonyl (C=O) groups is 1. The predicted molar refractivity (Wildman–Crippen MR) is 111 cm³/mol. The summed E-state index contributed by atoms with van der Waals surface area (Å²) < 4.78 is 1.89. The first kappa shape index (κ1) is 18.1. The predicted octanol–water partition coefficient (Wildman–Crippen LogP) is 3.05. The Morgan fingerprint density at radius 1 is 1.03 bits per heavy atom. The molecule has 0 radical (unpaired) electrons. The van der Waals surface area contributed by atoms with Gasteiger partial charge in [-0.25, -0.2) is 14.5 Å². The summed E-state index contributed by atoms with van der Waals surface area (Å²) in [6.45, 7) is 5.54. The number of nitrogens with zero attached hydrogens (tertiary/aromatic N) is 6. The summed E-state index contributed by atoms with van der Waals surface area (Å²) in [6, 6.07) is 9.78. The summed E-state index contributed by atoms with van der Waals surface area (Å²) in [7, 11) is 0. The maximum absolute atomic E-state index is 12.9. The molecule has 0 aromatic carbocycles. The second-order valence-corrected chi connectivity index (χ2v) is 8.11. The minimum absolute atomic E-state index is 0.00140. The second-order valence-electron chi connectivity index (χ2n) is 8.11. The quantitative estimate of drug-likeness (QED) is 0.688. The number of hydrogen-bond acceptors (Lipinski definition) is 5. The van der Waals surface area contributed by atoms with E-state index >= 15 is 0 Å². The summed E-state index contributed by atoms with van der Waals surface area (Å²) in [5.41, 5.74) is 3.45. The zero-order chi connectivity index (χ0) is 19.8. The fourth-order valence-electron chi connectivity index (χ4n) is 4.42. The Morgan fingerprint density at radius 3 is 2.72 bits per heavy atom. The molecule has 3 aromatic rings. The highest BCUT2D eigenvalue weighted by Crippen LogP contribution is 2.27. The van der Waals surface area contributed by atoms with E-state index in [0.29, 0.717) is 12.2 Å². The van der Waals surface area contributed by atoms with Crippen molar-refractivity contribution in [2.24, 2.45) is 0 Å². The van der Waals surface area contributed by atoms with Crippen LogP contribution in [0.5, 0.6) is 0 Å². The third kappa shape index (κ3) is 3.57. The molecule has 2 fully saturated rings. The van der Waals surface area contributed by atoms with E-state index in [1.165, 1.54) is 18.5 Å². The van der Waals surface area contributed by atoms with Gasteiger partial charge in [0.15, 0.2) is 11.5 Å². The van der Waals surface area contributed by atoms with Crippen molar-refractivity contribution in [1.82, 2.24) is 24.5 Å². The second kappa shape index (κ2) is 7.46. The standard InChI is InChI=1S/C22H26N6O/c1-16-6-4-8-19(23-16)22(29)27-13-5-7-17(14-27)21-24-20-10-9-18(15-28(20)25-21)26-11-2-3-12-26/h4,6,8-10,15,17H,2-3,5,7,11-14H2,1H3. The van der Waals surface area contributed by atoms with Gasteiger partial charge in [-0.15, -0.1) is 0 Å². The highest BCUT2D eigenvalue weighted by molar-refractivity contribution is 5.92. The Kier molecular flexibility index (Phi) is 4.66. The van der Waals surface area contributed by atoms with Gasteiger partial charge in [0.05, 0.1) is 11.9 Å². The minimum Gasteiger partial charge on any atom is -0.370 e. The number of aromatic nitrogens is 4. The number of rotatable bonds is 3. The van der Waals surface area contributed by atoms with Gasteiger partial charge >= 0.3 is 0 Å². The van der Waals surface area contributed by atoms with Gasteiger partial charge in [0.25, 0.3) is 5.91 Å². The van der Waals surface area contributed by atoms with Crippen LogP contribution in [0.4, 0.5) is 5.69 Å². The van der Waals surface area contributed by atoms with Gasteiger partial charge in [-0.2, -0.15) is 5.10 Å². The molecule has 0 N–H and O–H groups in total. The molecule has 7 heteroatoms. The van der Waals surface area contributed by atoms with Gasteiger partial charge in [-0.1, -0.05) is 6.07 Å². The number of amides is 1. The molecular weight excluding hydrogens is 364 g/mol. The maximum Gasteiger partial charge on any atom is 0.272 e. The van der Waals surface area contributed by atoms with E-state index < -0.39 is 0 Å². The lowest BCUT2D eigenvalue weighted by Gasteiger charge is -2.31. The first-order chi connectivity index (χ1) is 14.2. The van der Waals surface area contributed by atoms with Crippen molar-refractivity contribution < 1.29 is 4.79 Å². The highest BCUT2D eigenvalue weighted by atomic mass is 16.2. The van der Waals surface area contributed by atoms with Crippen LogP contribution in [0.1, 0.15) is 53.6 Å². The van der Waals surface area contributed by atoms with Crippen LogP contribution in [0.3, 0.4) is 0 Å². The van der Waals surface area contributed by atoms with Crippen molar-refractivity contribution in [3.63, 3.8) is 0 Å². The van der Waals surface area contributed by atoms with Gasteiger partial charge in [-0.05, 0) is 56.9 Å². The monoisotopic (exact) mass is 390 g/mol. The fourth-order valence-corrected chi connectivity index (χ4v) is 4.42. The smallest absolute Gasteiger partial charge is 0.272 e. The minimum atomic E-state index is -0.00140. The Bertz CT molecular complexity index is 1040. The lowest BCUT2D eigenvalue weighted by atomic mass is 9.97. The number of aryl methyl sites for hydroxylation is 1. The van der Waals surface area contributed by atoms with E-state index in [1.54, 1.807) is 6.07 Å². The van der Waals surface area contributed by atoms with E-state index in [-0.39, 0.29) is 11.8 Å². The number of piperidine rings is 1. The van der Waals surface area contributed by atoms with E-state index in [1.807, 2.05) is 34.5 Å². The number of anilines is 1. The Labute approximate surface area is 170 Å². The Morgan fingerprint density at radius 2 is 1.90 bits per heavy atom. The van der Waals surface area contributed by atoms with Crippen molar-refractivity contribution in [3.8, 4) is 0 Å². The van der Waals surface area contributed by atoms with Crippen molar-refractivity contribution in [2.75, 3.05) is 31.1 Å². The molecule has 3 aromatic heterocycles. The summed E-state index contributed by atoms with van der Waals surface area (Å²) in [6.07, 6.45) is 6.54. The summed E-state index contributed by atoms with van der Waals surface area (Å²) in [4.78, 5) is 26.4. The van der Waals surface area contributed by atoms with Crippen LogP contribution in [-0.2, 0) is 0 Å². The fraction of sp³-hybridized carbons (Fsp3) is 0.455. The number of fused-ring (bicyclic) bond motifs is 1. The van der Waals surface area contributed by atoms with Crippen molar-refractivity contribution in [3.05, 3.63) is 53.7 Å². The van der Waals surface area contributed by atoms with Gasteiger partial charge < -0.3 is 9.80 Å². The van der Waals surface area contributed by atoms with Gasteiger partial charge in [0, 0.05) is 37.8 Å². The van der Waals surface area contributed by atoms with E-state index in [9.17, 15) is 4.79 Å². The molecule has 5 heterocycles. The zero-order valence-electron chi connectivity index (χ0n) is 16.8. The first-order valence-corrected chi connectivity index (χ1v) is 10.5. The summed E-state index contributed by atoms with van der Waals surface area (Å²) in [5.74, 6) is 0.990. The summed E-state index contributed by atoms with van der Waals surface area (Å²) >= 11 is 0. The molecule has 7 nitrogen and oxygen atoms in total. The van der Waals surface area contributed by atoms with Crippen LogP contribution in [-0.4, -0.2) is 56.6 Å². The third-order valence-corrected chi connectivity index (χ3v) is 5.98. The number of pyridine rings is 2. The summed E-state index contributed by atoms with van der Waals surface area (Å²) in [5, 5.41) is 4.77.